The van der Waals surface area contributed by atoms with Crippen LogP contribution in [0.3, 0.4) is 0 Å². The summed E-state index contributed by atoms with van der Waals surface area (Å²) in [6, 6.07) is 32.3. The summed E-state index contributed by atoms with van der Waals surface area (Å²) in [6.45, 7) is 1.31. The molecule has 0 aliphatic heterocycles. The van der Waals surface area contributed by atoms with E-state index in [1.54, 1.807) is 0 Å². The molecular formula is C28H24O3. The van der Waals surface area contributed by atoms with E-state index in [0.29, 0.717) is 19.8 Å². The van der Waals surface area contributed by atoms with E-state index in [1.807, 2.05) is 6.07 Å². The maximum absolute atomic E-state index is 8.75. The number of ether oxygens (including phenoxy) is 2. The molecule has 3 nitrogen and oxygen atoms in total. The van der Waals surface area contributed by atoms with Crippen LogP contribution >= 0.6 is 0 Å². The van der Waals surface area contributed by atoms with Crippen LogP contribution in [0.2, 0.25) is 0 Å². The van der Waals surface area contributed by atoms with Crippen LogP contribution in [0, 0.1) is 0 Å². The van der Waals surface area contributed by atoms with Crippen molar-refractivity contribution in [3.63, 3.8) is 0 Å². The molecule has 0 fully saturated rings. The average Bonchev–Trinajstić information content (AvgIpc) is 2.82. The van der Waals surface area contributed by atoms with Crippen molar-refractivity contribution in [2.24, 2.45) is 0 Å². The third-order valence-electron chi connectivity index (χ3n) is 5.60. The summed E-state index contributed by atoms with van der Waals surface area (Å²) in [6.07, 6.45) is 0. The summed E-state index contributed by atoms with van der Waals surface area (Å²) in [5.74, 6) is 0.824. The molecule has 1 N–H and O–H groups in total. The Morgan fingerprint density at radius 1 is 0.581 bits per heavy atom. The highest BCUT2D eigenvalue weighted by atomic mass is 16.5. The minimum atomic E-state index is 0.0330. The van der Waals surface area contributed by atoms with Crippen LogP contribution < -0.4 is 4.74 Å². The van der Waals surface area contributed by atoms with Crippen molar-refractivity contribution < 1.29 is 14.6 Å². The second-order valence-corrected chi connectivity index (χ2v) is 7.63. The van der Waals surface area contributed by atoms with Gasteiger partial charge in [0.1, 0.15) is 12.4 Å². The van der Waals surface area contributed by atoms with Gasteiger partial charge in [0.15, 0.2) is 0 Å². The van der Waals surface area contributed by atoms with Gasteiger partial charge in [-0.25, -0.2) is 0 Å². The van der Waals surface area contributed by atoms with Gasteiger partial charge < -0.3 is 14.6 Å². The van der Waals surface area contributed by atoms with Gasteiger partial charge >= 0.3 is 0 Å². The predicted octanol–water partition coefficient (Wildman–Crippen LogP) is 6.20. The van der Waals surface area contributed by atoms with Gasteiger partial charge in [-0.15, -0.1) is 0 Å². The van der Waals surface area contributed by atoms with Gasteiger partial charge in [-0.2, -0.15) is 0 Å². The number of hydrogen-bond donors (Lipinski definition) is 1. The second kappa shape index (κ2) is 8.76. The minimum absolute atomic E-state index is 0.0330. The molecule has 0 aromatic heterocycles. The lowest BCUT2D eigenvalue weighted by molar-refractivity contribution is 0.0705. The molecule has 154 valence electrons. The summed E-state index contributed by atoms with van der Waals surface area (Å²) in [7, 11) is 0. The molecule has 0 amide bonds. The molecule has 5 rings (SSSR count). The SMILES string of the molecule is OCCOCCOc1ccc2cc(-c3cccc4cc5ccccc5cc34)ccc2c1. The van der Waals surface area contributed by atoms with E-state index in [0.717, 1.165) is 11.1 Å². The van der Waals surface area contributed by atoms with Crippen LogP contribution in [-0.2, 0) is 4.74 Å². The van der Waals surface area contributed by atoms with Crippen LogP contribution in [0.5, 0.6) is 5.75 Å². The Kier molecular flexibility index (Phi) is 5.53. The highest BCUT2D eigenvalue weighted by Gasteiger charge is 2.07. The van der Waals surface area contributed by atoms with Crippen LogP contribution in [0.25, 0.3) is 43.4 Å². The number of aliphatic hydroxyl groups excluding tert-OH is 1. The van der Waals surface area contributed by atoms with Gasteiger partial charge in [-0.3, -0.25) is 0 Å². The largest absolute Gasteiger partial charge is 0.491 e. The number of benzene rings is 5. The molecule has 0 atom stereocenters. The second-order valence-electron chi connectivity index (χ2n) is 7.63. The van der Waals surface area contributed by atoms with Crippen LogP contribution in [-0.4, -0.2) is 31.5 Å². The van der Waals surface area contributed by atoms with Crippen molar-refractivity contribution >= 4 is 32.3 Å². The molecule has 0 aliphatic rings. The Bertz CT molecular complexity index is 1360. The molecule has 5 aromatic rings. The lowest BCUT2D eigenvalue weighted by Crippen LogP contribution is -2.09. The summed E-state index contributed by atoms with van der Waals surface area (Å²) in [4.78, 5) is 0. The summed E-state index contributed by atoms with van der Waals surface area (Å²) in [5.41, 5.74) is 2.45. The zero-order valence-corrected chi connectivity index (χ0v) is 17.3. The Labute approximate surface area is 181 Å². The first-order chi connectivity index (χ1) is 15.3. The Balaban J connectivity index is 1.47. The van der Waals surface area contributed by atoms with Gasteiger partial charge in [0.05, 0.1) is 19.8 Å². The third-order valence-corrected chi connectivity index (χ3v) is 5.60. The normalized spacial score (nSPS) is 11.4. The third kappa shape index (κ3) is 4.11. The van der Waals surface area contributed by atoms with Gasteiger partial charge in [-0.1, -0.05) is 60.7 Å². The molecule has 0 bridgehead atoms. The number of fused-ring (bicyclic) bond motifs is 3. The minimum Gasteiger partial charge on any atom is -0.491 e. The van der Waals surface area contributed by atoms with Crippen molar-refractivity contribution in [2.75, 3.05) is 26.4 Å². The molecular weight excluding hydrogens is 384 g/mol. The maximum Gasteiger partial charge on any atom is 0.120 e. The van der Waals surface area contributed by atoms with Crippen molar-refractivity contribution in [3.05, 3.63) is 91.0 Å². The van der Waals surface area contributed by atoms with Crippen molar-refractivity contribution in [3.8, 4) is 16.9 Å². The quantitative estimate of drug-likeness (QED) is 0.257. The molecule has 3 heteroatoms. The Morgan fingerprint density at radius 3 is 2.19 bits per heavy atom. The number of aliphatic hydroxyl groups is 1. The summed E-state index contributed by atoms with van der Waals surface area (Å²) in [5, 5.41) is 16.1. The molecule has 0 unspecified atom stereocenters. The lowest BCUT2D eigenvalue weighted by Gasteiger charge is -2.11. The smallest absolute Gasteiger partial charge is 0.120 e. The molecule has 5 aromatic carbocycles. The summed E-state index contributed by atoms with van der Waals surface area (Å²) < 4.78 is 11.0. The van der Waals surface area contributed by atoms with Gasteiger partial charge in [0.25, 0.3) is 0 Å². The summed E-state index contributed by atoms with van der Waals surface area (Å²) >= 11 is 0. The van der Waals surface area contributed by atoms with Crippen LogP contribution in [0.4, 0.5) is 0 Å². The Morgan fingerprint density at radius 2 is 1.32 bits per heavy atom. The highest BCUT2D eigenvalue weighted by molar-refractivity contribution is 6.05. The predicted molar refractivity (Wildman–Crippen MR) is 128 cm³/mol. The van der Waals surface area contributed by atoms with E-state index in [-0.39, 0.29) is 6.61 Å². The fourth-order valence-corrected chi connectivity index (χ4v) is 4.08. The van der Waals surface area contributed by atoms with Crippen molar-refractivity contribution in [2.45, 2.75) is 0 Å². The first-order valence-electron chi connectivity index (χ1n) is 10.6. The van der Waals surface area contributed by atoms with E-state index >= 15 is 0 Å². The Hall–Kier alpha value is -3.40. The monoisotopic (exact) mass is 408 g/mol. The fraction of sp³-hybridized carbons (Fsp3) is 0.143. The molecule has 0 saturated heterocycles. The number of rotatable bonds is 7. The van der Waals surface area contributed by atoms with Crippen LogP contribution in [0.15, 0.2) is 91.0 Å². The van der Waals surface area contributed by atoms with E-state index in [2.05, 4.69) is 84.9 Å². The number of hydrogen-bond acceptors (Lipinski definition) is 3. The molecule has 0 saturated carbocycles. The topological polar surface area (TPSA) is 38.7 Å². The molecule has 0 aliphatic carbocycles. The maximum atomic E-state index is 8.75. The van der Waals surface area contributed by atoms with Crippen molar-refractivity contribution in [1.29, 1.82) is 0 Å². The fourth-order valence-electron chi connectivity index (χ4n) is 4.08. The molecule has 0 radical (unpaired) electrons. The zero-order chi connectivity index (χ0) is 21.0. The van der Waals surface area contributed by atoms with Crippen LogP contribution in [0.1, 0.15) is 0 Å². The first kappa shape index (κ1) is 19.6. The standard InChI is InChI=1S/C28H24O3/c29-12-13-30-14-15-31-26-11-10-22-17-25(9-8-23(22)18-26)27-7-3-6-24-16-20-4-1-2-5-21(20)19-28(24)27/h1-11,16-19,29H,12-15H2. The van der Waals surface area contributed by atoms with E-state index in [1.165, 1.54) is 38.1 Å². The molecule has 0 heterocycles. The highest BCUT2D eigenvalue weighted by Crippen LogP contribution is 2.34. The molecule has 31 heavy (non-hydrogen) atoms. The first-order valence-corrected chi connectivity index (χ1v) is 10.6. The van der Waals surface area contributed by atoms with Gasteiger partial charge in [0, 0.05) is 0 Å². The van der Waals surface area contributed by atoms with E-state index in [9.17, 15) is 0 Å². The average molecular weight is 408 g/mol. The van der Waals surface area contributed by atoms with E-state index < -0.39 is 0 Å². The van der Waals surface area contributed by atoms with Gasteiger partial charge in [-0.05, 0) is 73.8 Å². The van der Waals surface area contributed by atoms with Gasteiger partial charge in [0.2, 0.25) is 0 Å². The van der Waals surface area contributed by atoms with Crippen molar-refractivity contribution in [1.82, 2.24) is 0 Å². The molecule has 0 spiro atoms. The zero-order valence-electron chi connectivity index (χ0n) is 17.3. The lowest BCUT2D eigenvalue weighted by atomic mass is 9.94. The van der Waals surface area contributed by atoms with E-state index in [4.69, 9.17) is 14.6 Å².